The van der Waals surface area contributed by atoms with Crippen LogP contribution in [0.3, 0.4) is 0 Å². The third kappa shape index (κ3) is 3.05. The molecular weight excluding hydrogens is 222 g/mol. The van der Waals surface area contributed by atoms with Gasteiger partial charge in [0.15, 0.2) is 0 Å². The lowest BCUT2D eigenvalue weighted by Crippen LogP contribution is -2.24. The first-order valence-electron chi connectivity index (χ1n) is 7.19. The quantitative estimate of drug-likeness (QED) is 0.878. The molecular formula is C16H25NO. The molecule has 0 unspecified atom stereocenters. The summed E-state index contributed by atoms with van der Waals surface area (Å²) in [6.45, 7) is 4.95. The van der Waals surface area contributed by atoms with Crippen LogP contribution in [-0.4, -0.2) is 6.10 Å². The van der Waals surface area contributed by atoms with Crippen LogP contribution in [0.25, 0.3) is 0 Å². The maximum atomic E-state index is 6.22. The van der Waals surface area contributed by atoms with Crippen LogP contribution in [0.4, 0.5) is 0 Å². The Bertz CT molecular complexity index is 381. The molecule has 0 aliphatic heterocycles. The Hall–Kier alpha value is -1.02. The summed E-state index contributed by atoms with van der Waals surface area (Å²) in [6, 6.07) is 6.23. The molecule has 1 saturated carbocycles. The highest BCUT2D eigenvalue weighted by atomic mass is 16.5. The molecule has 1 aromatic carbocycles. The first-order chi connectivity index (χ1) is 8.74. The van der Waals surface area contributed by atoms with E-state index >= 15 is 0 Å². The zero-order chi connectivity index (χ0) is 13.0. The number of rotatable bonds is 4. The van der Waals surface area contributed by atoms with Gasteiger partial charge in [-0.1, -0.05) is 31.5 Å². The van der Waals surface area contributed by atoms with E-state index in [1.807, 2.05) is 0 Å². The largest absolute Gasteiger partial charge is 0.490 e. The summed E-state index contributed by atoms with van der Waals surface area (Å²) >= 11 is 0. The Labute approximate surface area is 111 Å². The summed E-state index contributed by atoms with van der Waals surface area (Å²) in [5.41, 5.74) is 8.12. The molecule has 0 bridgehead atoms. The summed E-state index contributed by atoms with van der Waals surface area (Å²) in [5.74, 6) is 1.94. The van der Waals surface area contributed by atoms with E-state index in [0.717, 1.165) is 17.2 Å². The second-order valence-corrected chi connectivity index (χ2v) is 5.44. The highest BCUT2D eigenvalue weighted by molar-refractivity contribution is 5.40. The molecule has 2 nitrogen and oxygen atoms in total. The van der Waals surface area contributed by atoms with E-state index in [0.29, 0.717) is 12.6 Å². The van der Waals surface area contributed by atoms with Crippen LogP contribution in [-0.2, 0) is 6.54 Å². The van der Waals surface area contributed by atoms with Crippen LogP contribution in [0.5, 0.6) is 5.75 Å². The fourth-order valence-corrected chi connectivity index (χ4v) is 2.87. The second-order valence-electron chi connectivity index (χ2n) is 5.44. The smallest absolute Gasteiger partial charge is 0.127 e. The van der Waals surface area contributed by atoms with Crippen molar-refractivity contribution in [3.05, 3.63) is 29.3 Å². The molecule has 2 heteroatoms. The molecule has 100 valence electrons. The van der Waals surface area contributed by atoms with Crippen molar-refractivity contribution < 1.29 is 4.74 Å². The zero-order valence-electron chi connectivity index (χ0n) is 11.6. The van der Waals surface area contributed by atoms with E-state index in [2.05, 4.69) is 32.0 Å². The summed E-state index contributed by atoms with van der Waals surface area (Å²) in [5, 5.41) is 0. The Balaban J connectivity index is 2.02. The first kappa shape index (κ1) is 13.4. The van der Waals surface area contributed by atoms with Gasteiger partial charge in [-0.05, 0) is 44.1 Å². The molecule has 2 rings (SSSR count). The number of ether oxygens (including phenoxy) is 1. The number of hydrogen-bond donors (Lipinski definition) is 1. The monoisotopic (exact) mass is 247 g/mol. The van der Waals surface area contributed by atoms with Crippen LogP contribution >= 0.6 is 0 Å². The minimum atomic E-state index is 0.388. The van der Waals surface area contributed by atoms with Crippen molar-refractivity contribution in [1.82, 2.24) is 0 Å². The molecule has 0 radical (unpaired) electrons. The highest BCUT2D eigenvalue weighted by Crippen LogP contribution is 2.31. The number of nitrogens with two attached hydrogens (primary N) is 1. The molecule has 1 aliphatic rings. The number of para-hydroxylation sites is 1. The lowest BCUT2D eigenvalue weighted by molar-refractivity contribution is 0.128. The molecule has 0 atom stereocenters. The Kier molecular flexibility index (Phi) is 4.65. The van der Waals surface area contributed by atoms with E-state index in [1.165, 1.54) is 37.7 Å². The summed E-state index contributed by atoms with van der Waals surface area (Å²) in [6.07, 6.45) is 6.70. The van der Waals surface area contributed by atoms with E-state index < -0.39 is 0 Å². The minimum absolute atomic E-state index is 0.388. The van der Waals surface area contributed by atoms with Gasteiger partial charge in [0.2, 0.25) is 0 Å². The summed E-state index contributed by atoms with van der Waals surface area (Å²) in [4.78, 5) is 0. The van der Waals surface area contributed by atoms with Crippen molar-refractivity contribution in [2.24, 2.45) is 11.7 Å². The Morgan fingerprint density at radius 1 is 1.22 bits per heavy atom. The Morgan fingerprint density at radius 3 is 2.56 bits per heavy atom. The van der Waals surface area contributed by atoms with Gasteiger partial charge >= 0.3 is 0 Å². The number of hydrogen-bond acceptors (Lipinski definition) is 2. The van der Waals surface area contributed by atoms with Crippen LogP contribution in [0, 0.1) is 12.8 Å². The Morgan fingerprint density at radius 2 is 1.94 bits per heavy atom. The van der Waals surface area contributed by atoms with Gasteiger partial charge in [-0.15, -0.1) is 0 Å². The van der Waals surface area contributed by atoms with Crippen molar-refractivity contribution >= 4 is 0 Å². The fourth-order valence-electron chi connectivity index (χ4n) is 2.87. The molecule has 1 aromatic rings. The van der Waals surface area contributed by atoms with Gasteiger partial charge in [0.05, 0.1) is 6.10 Å². The molecule has 1 aliphatic carbocycles. The van der Waals surface area contributed by atoms with Crippen molar-refractivity contribution in [3.8, 4) is 5.75 Å². The molecule has 18 heavy (non-hydrogen) atoms. The normalized spacial score (nSPS) is 23.9. The minimum Gasteiger partial charge on any atom is -0.490 e. The van der Waals surface area contributed by atoms with Gasteiger partial charge < -0.3 is 10.5 Å². The first-order valence-corrected chi connectivity index (χ1v) is 7.19. The van der Waals surface area contributed by atoms with Crippen molar-refractivity contribution in [2.45, 2.75) is 58.6 Å². The maximum Gasteiger partial charge on any atom is 0.127 e. The summed E-state index contributed by atoms with van der Waals surface area (Å²) < 4.78 is 6.22. The maximum absolute atomic E-state index is 6.22. The van der Waals surface area contributed by atoms with E-state index in [-0.39, 0.29) is 0 Å². The standard InChI is InChI=1S/C16H25NO/c1-3-13-7-9-15(10-8-13)18-16-12(2)5-4-6-14(16)11-17/h4-6,13,15H,3,7-11,17H2,1-2H3. The molecule has 0 amide bonds. The molecule has 1 fully saturated rings. The third-order valence-corrected chi connectivity index (χ3v) is 4.17. The topological polar surface area (TPSA) is 35.2 Å². The third-order valence-electron chi connectivity index (χ3n) is 4.17. The van der Waals surface area contributed by atoms with Crippen LogP contribution in [0.2, 0.25) is 0 Å². The van der Waals surface area contributed by atoms with Crippen molar-refractivity contribution in [1.29, 1.82) is 0 Å². The molecule has 0 spiro atoms. The van der Waals surface area contributed by atoms with Gasteiger partial charge in [0.1, 0.15) is 5.75 Å². The van der Waals surface area contributed by atoms with Crippen LogP contribution in [0.1, 0.15) is 50.2 Å². The van der Waals surface area contributed by atoms with Crippen LogP contribution in [0.15, 0.2) is 18.2 Å². The average Bonchev–Trinajstić information content (AvgIpc) is 2.42. The highest BCUT2D eigenvalue weighted by Gasteiger charge is 2.22. The van der Waals surface area contributed by atoms with E-state index in [4.69, 9.17) is 10.5 Å². The number of aryl methyl sites for hydroxylation is 1. The fraction of sp³-hybridized carbons (Fsp3) is 0.625. The molecule has 0 saturated heterocycles. The predicted octanol–water partition coefficient (Wildman–Crippen LogP) is 3.80. The molecule has 2 N–H and O–H groups in total. The SMILES string of the molecule is CCC1CCC(Oc2c(C)cccc2CN)CC1. The van der Waals surface area contributed by atoms with Crippen LogP contribution < -0.4 is 10.5 Å². The van der Waals surface area contributed by atoms with E-state index in [9.17, 15) is 0 Å². The average molecular weight is 247 g/mol. The lowest BCUT2D eigenvalue weighted by atomic mass is 9.86. The van der Waals surface area contributed by atoms with Gasteiger partial charge in [0, 0.05) is 12.1 Å². The predicted molar refractivity (Wildman–Crippen MR) is 75.7 cm³/mol. The number of benzene rings is 1. The van der Waals surface area contributed by atoms with Crippen molar-refractivity contribution in [3.63, 3.8) is 0 Å². The van der Waals surface area contributed by atoms with Gasteiger partial charge in [-0.3, -0.25) is 0 Å². The summed E-state index contributed by atoms with van der Waals surface area (Å²) in [7, 11) is 0. The molecule has 0 aromatic heterocycles. The van der Waals surface area contributed by atoms with E-state index in [1.54, 1.807) is 0 Å². The van der Waals surface area contributed by atoms with Gasteiger partial charge in [-0.25, -0.2) is 0 Å². The zero-order valence-corrected chi connectivity index (χ0v) is 11.6. The molecule has 0 heterocycles. The lowest BCUT2D eigenvalue weighted by Gasteiger charge is -2.29. The van der Waals surface area contributed by atoms with Crippen molar-refractivity contribution in [2.75, 3.05) is 0 Å². The van der Waals surface area contributed by atoms with Gasteiger partial charge in [0.25, 0.3) is 0 Å². The van der Waals surface area contributed by atoms with Gasteiger partial charge in [-0.2, -0.15) is 0 Å². The second kappa shape index (κ2) is 6.24.